The van der Waals surface area contributed by atoms with Crippen molar-refractivity contribution in [3.8, 4) is 0 Å². The summed E-state index contributed by atoms with van der Waals surface area (Å²) in [6.07, 6.45) is 0. The normalized spacial score (nSPS) is 15.2. The van der Waals surface area contributed by atoms with E-state index in [1.54, 1.807) is 12.1 Å². The average Bonchev–Trinajstić information content (AvgIpc) is 2.71. The van der Waals surface area contributed by atoms with Gasteiger partial charge in [0, 0.05) is 30.9 Å². The van der Waals surface area contributed by atoms with Gasteiger partial charge in [0.25, 0.3) is 5.91 Å². The number of carbonyl (C=O) groups excluding carboxylic acids is 1. The highest BCUT2D eigenvalue weighted by molar-refractivity contribution is 6.31. The van der Waals surface area contributed by atoms with Gasteiger partial charge in [-0.25, -0.2) is 4.39 Å². The van der Waals surface area contributed by atoms with Crippen LogP contribution in [0.2, 0.25) is 5.02 Å². The lowest BCUT2D eigenvalue weighted by Gasteiger charge is -2.25. The van der Waals surface area contributed by atoms with Crippen LogP contribution < -0.4 is 10.6 Å². The molecule has 0 bridgehead atoms. The molecule has 1 aliphatic rings. The van der Waals surface area contributed by atoms with Crippen LogP contribution in [0, 0.1) is 12.7 Å². The second-order valence-corrected chi connectivity index (χ2v) is 7.17. The van der Waals surface area contributed by atoms with Gasteiger partial charge in [-0.05, 0) is 37.3 Å². The number of nitrogens with zero attached hydrogens (tertiary/aromatic N) is 2. The lowest BCUT2D eigenvalue weighted by Crippen LogP contribution is -2.39. The van der Waals surface area contributed by atoms with E-state index in [4.69, 9.17) is 16.3 Å². The standard InChI is InChI=1S/C21H24ClFN4O2/c1-15-3-2-4-16(13-15)20(28)26-21(24-7-8-27-9-11-29-12-10-27)25-17-5-6-19(23)18(22)14-17/h2-6,13-14H,7-12H2,1H3,(H2,24,25,26,28). The predicted octanol–water partition coefficient (Wildman–Crippen LogP) is 3.32. The molecular formula is C21H24ClFN4O2. The van der Waals surface area contributed by atoms with Crippen molar-refractivity contribution in [1.29, 1.82) is 0 Å². The number of rotatable bonds is 5. The molecule has 1 fully saturated rings. The van der Waals surface area contributed by atoms with Crippen LogP contribution >= 0.6 is 11.6 Å². The molecule has 0 aliphatic carbocycles. The number of benzene rings is 2. The van der Waals surface area contributed by atoms with Crippen molar-refractivity contribution < 1.29 is 13.9 Å². The lowest BCUT2D eigenvalue weighted by atomic mass is 10.1. The summed E-state index contributed by atoms with van der Waals surface area (Å²) >= 11 is 5.86. The molecule has 29 heavy (non-hydrogen) atoms. The number of amides is 1. The fourth-order valence-electron chi connectivity index (χ4n) is 2.91. The quantitative estimate of drug-likeness (QED) is 0.577. The van der Waals surface area contributed by atoms with Crippen molar-refractivity contribution in [3.05, 3.63) is 64.4 Å². The van der Waals surface area contributed by atoms with Gasteiger partial charge in [0.15, 0.2) is 0 Å². The second kappa shape index (κ2) is 10.3. The maximum absolute atomic E-state index is 13.4. The van der Waals surface area contributed by atoms with Crippen LogP contribution in [0.1, 0.15) is 15.9 Å². The highest BCUT2D eigenvalue weighted by Gasteiger charge is 2.12. The zero-order valence-electron chi connectivity index (χ0n) is 16.3. The van der Waals surface area contributed by atoms with E-state index in [1.807, 2.05) is 19.1 Å². The molecule has 2 N–H and O–H groups in total. The zero-order chi connectivity index (χ0) is 20.6. The summed E-state index contributed by atoms with van der Waals surface area (Å²) in [5, 5.41) is 5.82. The molecule has 1 amide bonds. The number of guanidine groups is 1. The summed E-state index contributed by atoms with van der Waals surface area (Å²) in [5.41, 5.74) is 2.05. The molecule has 0 spiro atoms. The van der Waals surface area contributed by atoms with E-state index in [-0.39, 0.29) is 16.9 Å². The first-order chi connectivity index (χ1) is 14.0. The van der Waals surface area contributed by atoms with Gasteiger partial charge in [-0.2, -0.15) is 0 Å². The topological polar surface area (TPSA) is 66.0 Å². The molecule has 154 valence electrons. The molecular weight excluding hydrogens is 395 g/mol. The number of hydrogen-bond acceptors (Lipinski definition) is 4. The van der Waals surface area contributed by atoms with E-state index in [1.165, 1.54) is 18.2 Å². The molecule has 0 radical (unpaired) electrons. The van der Waals surface area contributed by atoms with Gasteiger partial charge < -0.3 is 10.1 Å². The number of aliphatic imine (C=N–C) groups is 1. The monoisotopic (exact) mass is 418 g/mol. The molecule has 2 aromatic carbocycles. The first-order valence-corrected chi connectivity index (χ1v) is 9.84. The van der Waals surface area contributed by atoms with Crippen molar-refractivity contribution in [3.63, 3.8) is 0 Å². The van der Waals surface area contributed by atoms with Crippen LogP contribution in [0.25, 0.3) is 0 Å². The smallest absolute Gasteiger partial charge is 0.257 e. The highest BCUT2D eigenvalue weighted by atomic mass is 35.5. The molecule has 0 saturated carbocycles. The van der Waals surface area contributed by atoms with Crippen molar-refractivity contribution in [2.75, 3.05) is 44.7 Å². The van der Waals surface area contributed by atoms with Crippen LogP contribution in [-0.2, 0) is 4.74 Å². The van der Waals surface area contributed by atoms with E-state index in [0.29, 0.717) is 31.0 Å². The third-order valence-corrected chi connectivity index (χ3v) is 4.77. The number of nitrogens with one attached hydrogen (secondary N) is 2. The summed E-state index contributed by atoms with van der Waals surface area (Å²) in [5.74, 6) is -0.501. The first-order valence-electron chi connectivity index (χ1n) is 9.46. The maximum Gasteiger partial charge on any atom is 0.257 e. The SMILES string of the molecule is Cc1cccc(C(=O)NC(=NCCN2CCOCC2)Nc2ccc(F)c(Cl)c2)c1. The van der Waals surface area contributed by atoms with Crippen LogP contribution in [0.4, 0.5) is 10.1 Å². The van der Waals surface area contributed by atoms with E-state index < -0.39 is 5.82 Å². The Morgan fingerprint density at radius 1 is 1.24 bits per heavy atom. The van der Waals surface area contributed by atoms with Crippen molar-refractivity contribution in [2.45, 2.75) is 6.92 Å². The number of anilines is 1. The average molecular weight is 419 g/mol. The molecule has 2 aromatic rings. The van der Waals surface area contributed by atoms with Gasteiger partial charge in [-0.1, -0.05) is 29.3 Å². The molecule has 0 aromatic heterocycles. The molecule has 1 aliphatic heterocycles. The second-order valence-electron chi connectivity index (χ2n) is 6.76. The minimum atomic E-state index is -0.508. The van der Waals surface area contributed by atoms with E-state index in [0.717, 1.165) is 25.2 Å². The predicted molar refractivity (Wildman–Crippen MR) is 113 cm³/mol. The minimum absolute atomic E-state index is 0.00678. The number of ether oxygens (including phenoxy) is 1. The fourth-order valence-corrected chi connectivity index (χ4v) is 3.10. The van der Waals surface area contributed by atoms with E-state index in [2.05, 4.69) is 20.5 Å². The third-order valence-electron chi connectivity index (χ3n) is 4.48. The number of carbonyl (C=O) groups is 1. The largest absolute Gasteiger partial charge is 0.379 e. The van der Waals surface area contributed by atoms with Gasteiger partial charge in [-0.3, -0.25) is 20.0 Å². The van der Waals surface area contributed by atoms with Crippen LogP contribution in [-0.4, -0.2) is 56.2 Å². The maximum atomic E-state index is 13.4. The van der Waals surface area contributed by atoms with E-state index in [9.17, 15) is 9.18 Å². The van der Waals surface area contributed by atoms with Crippen molar-refractivity contribution >= 4 is 29.2 Å². The molecule has 8 heteroatoms. The Labute approximate surface area is 174 Å². The molecule has 1 heterocycles. The van der Waals surface area contributed by atoms with Crippen LogP contribution in [0.15, 0.2) is 47.5 Å². The first kappa shape index (κ1) is 21.2. The summed E-state index contributed by atoms with van der Waals surface area (Å²) in [7, 11) is 0. The molecule has 6 nitrogen and oxygen atoms in total. The molecule has 3 rings (SSSR count). The Balaban J connectivity index is 1.71. The Bertz CT molecular complexity index is 885. The number of hydrogen-bond donors (Lipinski definition) is 2. The summed E-state index contributed by atoms with van der Waals surface area (Å²) < 4.78 is 18.8. The minimum Gasteiger partial charge on any atom is -0.379 e. The fraction of sp³-hybridized carbons (Fsp3) is 0.333. The zero-order valence-corrected chi connectivity index (χ0v) is 17.0. The van der Waals surface area contributed by atoms with Crippen LogP contribution in [0.5, 0.6) is 0 Å². The van der Waals surface area contributed by atoms with Crippen molar-refractivity contribution in [2.24, 2.45) is 4.99 Å². The number of morpholine rings is 1. The van der Waals surface area contributed by atoms with Crippen LogP contribution in [0.3, 0.4) is 0 Å². The van der Waals surface area contributed by atoms with Gasteiger partial charge >= 0.3 is 0 Å². The summed E-state index contributed by atoms with van der Waals surface area (Å²) in [6.45, 7) is 6.32. The molecule has 0 unspecified atom stereocenters. The molecule has 0 atom stereocenters. The lowest BCUT2D eigenvalue weighted by molar-refractivity contribution is 0.0394. The van der Waals surface area contributed by atoms with Gasteiger partial charge in [-0.15, -0.1) is 0 Å². The number of aryl methyl sites for hydroxylation is 1. The van der Waals surface area contributed by atoms with Crippen molar-refractivity contribution in [1.82, 2.24) is 10.2 Å². The highest BCUT2D eigenvalue weighted by Crippen LogP contribution is 2.19. The Morgan fingerprint density at radius 2 is 2.03 bits per heavy atom. The van der Waals surface area contributed by atoms with Gasteiger partial charge in [0.2, 0.25) is 5.96 Å². The molecule has 1 saturated heterocycles. The van der Waals surface area contributed by atoms with E-state index >= 15 is 0 Å². The summed E-state index contributed by atoms with van der Waals surface area (Å²) in [4.78, 5) is 19.4. The Kier molecular flexibility index (Phi) is 7.57. The number of halogens is 2. The Hall–Kier alpha value is -2.48. The third kappa shape index (κ3) is 6.52. The summed E-state index contributed by atoms with van der Waals surface area (Å²) in [6, 6.07) is 11.5. The Morgan fingerprint density at radius 3 is 2.76 bits per heavy atom. The van der Waals surface area contributed by atoms with Gasteiger partial charge in [0.05, 0.1) is 24.8 Å². The van der Waals surface area contributed by atoms with Gasteiger partial charge in [0.1, 0.15) is 5.82 Å².